The maximum absolute atomic E-state index is 11.0. The molecule has 1 fully saturated rings. The first-order valence-electron chi connectivity index (χ1n) is 5.85. The fraction of sp³-hybridized carbons (Fsp3) is 0.583. The summed E-state index contributed by atoms with van der Waals surface area (Å²) in [6.07, 6.45) is 6.02. The number of amides is 1. The second-order valence-corrected chi connectivity index (χ2v) is 4.79. The molecule has 0 spiro atoms. The molecule has 0 radical (unpaired) electrons. The van der Waals surface area contributed by atoms with Crippen LogP contribution >= 0.6 is 0 Å². The molecular weight excluding hydrogens is 216 g/mol. The first-order valence-corrected chi connectivity index (χ1v) is 5.85. The molecule has 0 aliphatic heterocycles. The molecule has 1 aromatic rings. The SMILES string of the molecule is CC1CCC(C#N)C(n2cc(C(N)=O)cn2)C1. The zero-order chi connectivity index (χ0) is 12.4. The Kier molecular flexibility index (Phi) is 3.14. The summed E-state index contributed by atoms with van der Waals surface area (Å²) >= 11 is 0. The highest BCUT2D eigenvalue weighted by atomic mass is 16.1. The third-order valence-corrected chi connectivity index (χ3v) is 3.47. The molecule has 0 bridgehead atoms. The minimum atomic E-state index is -0.478. The van der Waals surface area contributed by atoms with Gasteiger partial charge in [-0.05, 0) is 25.2 Å². The van der Waals surface area contributed by atoms with Gasteiger partial charge in [-0.2, -0.15) is 10.4 Å². The van der Waals surface area contributed by atoms with E-state index >= 15 is 0 Å². The summed E-state index contributed by atoms with van der Waals surface area (Å²) in [5.74, 6) is 0.0891. The number of carbonyl (C=O) groups is 1. The first-order chi connectivity index (χ1) is 8.11. The predicted octanol–water partition coefficient (Wildman–Crippen LogP) is 1.48. The number of nitrogens with two attached hydrogens (primary N) is 1. The van der Waals surface area contributed by atoms with Gasteiger partial charge in [0.25, 0.3) is 5.91 Å². The molecule has 2 N–H and O–H groups in total. The Morgan fingerprint density at radius 3 is 3.00 bits per heavy atom. The molecule has 90 valence electrons. The minimum absolute atomic E-state index is 0.0215. The fourth-order valence-corrected chi connectivity index (χ4v) is 2.44. The monoisotopic (exact) mass is 232 g/mol. The van der Waals surface area contributed by atoms with Gasteiger partial charge in [0.1, 0.15) is 0 Å². The van der Waals surface area contributed by atoms with Gasteiger partial charge in [0.05, 0.1) is 29.8 Å². The summed E-state index contributed by atoms with van der Waals surface area (Å²) in [5.41, 5.74) is 5.60. The lowest BCUT2D eigenvalue weighted by Gasteiger charge is -2.30. The van der Waals surface area contributed by atoms with Crippen LogP contribution in [0.5, 0.6) is 0 Å². The van der Waals surface area contributed by atoms with E-state index in [2.05, 4.69) is 18.1 Å². The van der Waals surface area contributed by atoms with Crippen molar-refractivity contribution < 1.29 is 4.79 Å². The lowest BCUT2D eigenvalue weighted by atomic mass is 9.80. The van der Waals surface area contributed by atoms with E-state index in [1.54, 1.807) is 10.9 Å². The molecule has 17 heavy (non-hydrogen) atoms. The van der Waals surface area contributed by atoms with Crippen LogP contribution in [-0.2, 0) is 0 Å². The van der Waals surface area contributed by atoms with E-state index < -0.39 is 5.91 Å². The summed E-state index contributed by atoms with van der Waals surface area (Å²) in [4.78, 5) is 11.0. The Morgan fingerprint density at radius 1 is 1.65 bits per heavy atom. The topological polar surface area (TPSA) is 84.7 Å². The van der Waals surface area contributed by atoms with Crippen LogP contribution in [0.25, 0.3) is 0 Å². The van der Waals surface area contributed by atoms with Crippen molar-refractivity contribution in [1.29, 1.82) is 5.26 Å². The number of carbonyl (C=O) groups excluding carboxylic acids is 1. The van der Waals surface area contributed by atoms with Crippen molar-refractivity contribution in [2.45, 2.75) is 32.2 Å². The second kappa shape index (κ2) is 4.58. The molecule has 2 rings (SSSR count). The zero-order valence-electron chi connectivity index (χ0n) is 9.84. The number of nitrogens with zero attached hydrogens (tertiary/aromatic N) is 3. The lowest BCUT2D eigenvalue weighted by molar-refractivity contribution is 0.1000. The van der Waals surface area contributed by atoms with Crippen molar-refractivity contribution >= 4 is 5.91 Å². The maximum atomic E-state index is 11.0. The predicted molar refractivity (Wildman–Crippen MR) is 61.9 cm³/mol. The largest absolute Gasteiger partial charge is 0.366 e. The Labute approximate surface area is 100 Å². The van der Waals surface area contributed by atoms with Crippen molar-refractivity contribution in [3.63, 3.8) is 0 Å². The molecule has 3 unspecified atom stereocenters. The van der Waals surface area contributed by atoms with Crippen LogP contribution in [0.15, 0.2) is 12.4 Å². The van der Waals surface area contributed by atoms with E-state index in [0.717, 1.165) is 19.3 Å². The minimum Gasteiger partial charge on any atom is -0.366 e. The Hall–Kier alpha value is -1.83. The van der Waals surface area contributed by atoms with Crippen LogP contribution in [0, 0.1) is 23.2 Å². The van der Waals surface area contributed by atoms with E-state index in [-0.39, 0.29) is 12.0 Å². The number of hydrogen-bond donors (Lipinski definition) is 1. The molecule has 5 heteroatoms. The Morgan fingerprint density at radius 2 is 2.41 bits per heavy atom. The van der Waals surface area contributed by atoms with Crippen molar-refractivity contribution in [2.24, 2.45) is 17.6 Å². The molecule has 5 nitrogen and oxygen atoms in total. The molecule has 0 saturated heterocycles. The first kappa shape index (κ1) is 11.6. The van der Waals surface area contributed by atoms with Crippen LogP contribution < -0.4 is 5.73 Å². The molecule has 1 heterocycles. The van der Waals surface area contributed by atoms with Gasteiger partial charge in [0.15, 0.2) is 0 Å². The molecule has 1 saturated carbocycles. The molecule has 3 atom stereocenters. The van der Waals surface area contributed by atoms with Crippen molar-refractivity contribution in [3.05, 3.63) is 18.0 Å². The highest BCUT2D eigenvalue weighted by Crippen LogP contribution is 2.36. The number of nitriles is 1. The molecule has 1 aromatic heterocycles. The standard InChI is InChI=1S/C12H16N4O/c1-8-2-3-9(5-13)11(4-8)16-7-10(6-15-16)12(14)17/h6-9,11H,2-4H2,1H3,(H2,14,17). The summed E-state index contributed by atoms with van der Waals surface area (Å²) < 4.78 is 1.73. The van der Waals surface area contributed by atoms with Gasteiger partial charge in [-0.3, -0.25) is 9.48 Å². The molecule has 1 aliphatic carbocycles. The smallest absolute Gasteiger partial charge is 0.251 e. The van der Waals surface area contributed by atoms with E-state index in [4.69, 9.17) is 11.0 Å². The molecule has 1 amide bonds. The van der Waals surface area contributed by atoms with Gasteiger partial charge >= 0.3 is 0 Å². The van der Waals surface area contributed by atoms with Crippen molar-refractivity contribution in [2.75, 3.05) is 0 Å². The number of primary amides is 1. The molecule has 0 aromatic carbocycles. The second-order valence-electron chi connectivity index (χ2n) is 4.79. The third-order valence-electron chi connectivity index (χ3n) is 3.47. The summed E-state index contributed by atoms with van der Waals surface area (Å²) in [5, 5.41) is 13.3. The van der Waals surface area contributed by atoms with Gasteiger partial charge in [0, 0.05) is 6.20 Å². The molecule has 1 aliphatic rings. The third kappa shape index (κ3) is 2.31. The lowest BCUT2D eigenvalue weighted by Crippen LogP contribution is -2.26. The van der Waals surface area contributed by atoms with Gasteiger partial charge in [-0.1, -0.05) is 6.92 Å². The van der Waals surface area contributed by atoms with Crippen LogP contribution in [-0.4, -0.2) is 15.7 Å². The van der Waals surface area contributed by atoms with Crippen molar-refractivity contribution in [1.82, 2.24) is 9.78 Å². The number of hydrogen-bond acceptors (Lipinski definition) is 3. The van der Waals surface area contributed by atoms with Crippen LogP contribution in [0.1, 0.15) is 42.6 Å². The zero-order valence-corrected chi connectivity index (χ0v) is 9.84. The molecular formula is C12H16N4O. The Bertz CT molecular complexity index is 459. The van der Waals surface area contributed by atoms with E-state index in [1.807, 2.05) is 0 Å². The highest BCUT2D eigenvalue weighted by molar-refractivity contribution is 5.92. The van der Waals surface area contributed by atoms with Gasteiger partial charge in [-0.15, -0.1) is 0 Å². The van der Waals surface area contributed by atoms with E-state index in [1.165, 1.54) is 6.20 Å². The van der Waals surface area contributed by atoms with Crippen LogP contribution in [0.2, 0.25) is 0 Å². The van der Waals surface area contributed by atoms with E-state index in [0.29, 0.717) is 11.5 Å². The quantitative estimate of drug-likeness (QED) is 0.838. The number of aromatic nitrogens is 2. The average Bonchev–Trinajstić information content (AvgIpc) is 2.78. The van der Waals surface area contributed by atoms with Crippen LogP contribution in [0.4, 0.5) is 0 Å². The normalized spacial score (nSPS) is 28.6. The highest BCUT2D eigenvalue weighted by Gasteiger charge is 2.30. The van der Waals surface area contributed by atoms with Crippen molar-refractivity contribution in [3.8, 4) is 6.07 Å². The summed E-state index contributed by atoms with van der Waals surface area (Å²) in [6.45, 7) is 2.18. The summed E-state index contributed by atoms with van der Waals surface area (Å²) in [6, 6.07) is 2.40. The van der Waals surface area contributed by atoms with Gasteiger partial charge in [0.2, 0.25) is 0 Å². The number of rotatable bonds is 2. The maximum Gasteiger partial charge on any atom is 0.251 e. The van der Waals surface area contributed by atoms with E-state index in [9.17, 15) is 4.79 Å². The Balaban J connectivity index is 2.23. The fourth-order valence-electron chi connectivity index (χ4n) is 2.44. The van der Waals surface area contributed by atoms with Gasteiger partial charge < -0.3 is 5.73 Å². The average molecular weight is 232 g/mol. The summed E-state index contributed by atoms with van der Waals surface area (Å²) in [7, 11) is 0. The van der Waals surface area contributed by atoms with Crippen LogP contribution in [0.3, 0.4) is 0 Å². The van der Waals surface area contributed by atoms with Gasteiger partial charge in [-0.25, -0.2) is 0 Å².